The molecule has 0 aliphatic carbocycles. The Morgan fingerprint density at radius 1 is 0.818 bits per heavy atom. The van der Waals surface area contributed by atoms with Crippen LogP contribution in [0, 0.1) is 6.92 Å². The van der Waals surface area contributed by atoms with Crippen LogP contribution in [-0.4, -0.2) is 26.2 Å². The lowest BCUT2D eigenvalue weighted by Gasteiger charge is -2.15. The van der Waals surface area contributed by atoms with Crippen molar-refractivity contribution in [2.45, 2.75) is 24.6 Å². The smallest absolute Gasteiger partial charge is 0.417 e. The van der Waals surface area contributed by atoms with Crippen molar-refractivity contribution in [2.24, 2.45) is 0 Å². The molecule has 2 aromatic carbocycles. The molecule has 33 heavy (non-hydrogen) atoms. The second-order valence-corrected chi connectivity index (χ2v) is 7.68. The summed E-state index contributed by atoms with van der Waals surface area (Å²) in [6, 6.07) is 3.99. The summed E-state index contributed by atoms with van der Waals surface area (Å²) in [6.45, 7) is 1.37. The predicted octanol–water partition coefficient (Wildman–Crippen LogP) is 7.49. The standard InChI is InChI=1S/C10H7BrClF3O2.C10H8ClF3O2/c1-17-9(16)8-5(4-11)2-6(12)3-7(8)10(13,14)15;1-5-3-6(11)4-7(10(12,13)14)8(5)9(15)16-2/h2-3H,4H2,1H3;3-4H,1-2H3. The van der Waals surface area contributed by atoms with Gasteiger partial charge in [0, 0.05) is 15.4 Å². The number of carbonyl (C=O) groups is 2. The van der Waals surface area contributed by atoms with Crippen molar-refractivity contribution < 1.29 is 45.4 Å². The van der Waals surface area contributed by atoms with Crippen molar-refractivity contribution >= 4 is 51.1 Å². The predicted molar refractivity (Wildman–Crippen MR) is 113 cm³/mol. The molecular weight excluding hydrogens is 569 g/mol. The number of carbonyl (C=O) groups excluding carboxylic acids is 2. The third-order valence-corrected chi connectivity index (χ3v) is 5.06. The average molecular weight is 584 g/mol. The van der Waals surface area contributed by atoms with Crippen LogP contribution in [0.3, 0.4) is 0 Å². The van der Waals surface area contributed by atoms with Crippen LogP contribution in [0.25, 0.3) is 0 Å². The molecule has 0 amide bonds. The molecule has 0 spiro atoms. The summed E-state index contributed by atoms with van der Waals surface area (Å²) < 4.78 is 84.9. The third-order valence-electron chi connectivity index (χ3n) is 4.02. The van der Waals surface area contributed by atoms with E-state index in [9.17, 15) is 35.9 Å². The van der Waals surface area contributed by atoms with E-state index in [0.29, 0.717) is 12.1 Å². The number of ether oxygens (including phenoxy) is 2. The molecule has 4 nitrogen and oxygen atoms in total. The Labute approximate surface area is 202 Å². The van der Waals surface area contributed by atoms with E-state index in [-0.39, 0.29) is 26.5 Å². The highest BCUT2D eigenvalue weighted by Crippen LogP contribution is 2.37. The Balaban J connectivity index is 0.000000331. The fourth-order valence-corrected chi connectivity index (χ4v) is 3.63. The first-order valence-corrected chi connectivity index (χ1v) is 10.5. The molecule has 182 valence electrons. The van der Waals surface area contributed by atoms with Crippen LogP contribution >= 0.6 is 39.1 Å². The maximum atomic E-state index is 12.8. The van der Waals surface area contributed by atoms with E-state index >= 15 is 0 Å². The lowest BCUT2D eigenvalue weighted by Crippen LogP contribution is -2.16. The molecule has 0 unspecified atom stereocenters. The van der Waals surface area contributed by atoms with Crippen LogP contribution in [0.4, 0.5) is 26.3 Å². The summed E-state index contributed by atoms with van der Waals surface area (Å²) in [6.07, 6.45) is -9.30. The zero-order chi connectivity index (χ0) is 25.7. The van der Waals surface area contributed by atoms with Gasteiger partial charge in [0.1, 0.15) is 0 Å². The number of hydrogen-bond acceptors (Lipinski definition) is 4. The van der Waals surface area contributed by atoms with Crippen molar-refractivity contribution in [3.63, 3.8) is 0 Å². The molecule has 0 aliphatic rings. The van der Waals surface area contributed by atoms with Gasteiger partial charge < -0.3 is 9.47 Å². The summed E-state index contributed by atoms with van der Waals surface area (Å²) in [5, 5.41) is -0.0851. The maximum absolute atomic E-state index is 12.8. The molecule has 0 fully saturated rings. The lowest BCUT2D eigenvalue weighted by molar-refractivity contribution is -0.138. The molecule has 0 aromatic heterocycles. The first kappa shape index (κ1) is 29.1. The van der Waals surface area contributed by atoms with Crippen LogP contribution in [0.15, 0.2) is 24.3 Å². The van der Waals surface area contributed by atoms with Crippen LogP contribution in [0.1, 0.15) is 43.0 Å². The second kappa shape index (κ2) is 11.4. The van der Waals surface area contributed by atoms with Crippen LogP contribution in [0.2, 0.25) is 10.0 Å². The molecule has 0 radical (unpaired) electrons. The fourth-order valence-electron chi connectivity index (χ4n) is 2.68. The minimum atomic E-state index is -4.66. The zero-order valence-corrected chi connectivity index (χ0v) is 20.1. The number of rotatable bonds is 3. The van der Waals surface area contributed by atoms with Gasteiger partial charge in [-0.15, -0.1) is 0 Å². The van der Waals surface area contributed by atoms with Crippen LogP contribution < -0.4 is 0 Å². The van der Waals surface area contributed by atoms with Gasteiger partial charge in [-0.3, -0.25) is 0 Å². The number of hydrogen-bond donors (Lipinski definition) is 0. The second-order valence-electron chi connectivity index (χ2n) is 6.25. The highest BCUT2D eigenvalue weighted by Gasteiger charge is 2.38. The van der Waals surface area contributed by atoms with Crippen molar-refractivity contribution in [3.8, 4) is 0 Å². The van der Waals surface area contributed by atoms with Crippen molar-refractivity contribution in [1.82, 2.24) is 0 Å². The van der Waals surface area contributed by atoms with Crippen molar-refractivity contribution in [2.75, 3.05) is 14.2 Å². The fraction of sp³-hybridized carbons (Fsp3) is 0.300. The van der Waals surface area contributed by atoms with E-state index in [2.05, 4.69) is 25.4 Å². The Hall–Kier alpha value is -1.98. The Morgan fingerprint density at radius 2 is 1.21 bits per heavy atom. The first-order chi connectivity index (χ1) is 15.1. The van der Waals surface area contributed by atoms with Crippen LogP contribution in [-0.2, 0) is 27.2 Å². The molecule has 0 saturated heterocycles. The van der Waals surface area contributed by atoms with Gasteiger partial charge in [-0.25, -0.2) is 9.59 Å². The number of esters is 2. The van der Waals surface area contributed by atoms with E-state index in [1.54, 1.807) is 0 Å². The van der Waals surface area contributed by atoms with Crippen molar-refractivity contribution in [1.29, 1.82) is 0 Å². The zero-order valence-electron chi connectivity index (χ0n) is 17.1. The number of alkyl halides is 7. The largest absolute Gasteiger partial charge is 0.465 e. The number of aryl methyl sites for hydroxylation is 1. The number of halogens is 9. The lowest BCUT2D eigenvalue weighted by atomic mass is 10.0. The average Bonchev–Trinajstić information content (AvgIpc) is 2.70. The molecule has 0 bridgehead atoms. The third kappa shape index (κ3) is 7.51. The maximum Gasteiger partial charge on any atom is 0.417 e. The van der Waals surface area contributed by atoms with E-state index in [1.165, 1.54) is 19.1 Å². The highest BCUT2D eigenvalue weighted by atomic mass is 79.9. The molecule has 0 heterocycles. The Kier molecular flexibility index (Phi) is 10.1. The minimum absolute atomic E-state index is 0.0705. The van der Waals surface area contributed by atoms with Gasteiger partial charge in [0.15, 0.2) is 0 Å². The van der Waals surface area contributed by atoms with E-state index in [4.69, 9.17) is 23.2 Å². The summed E-state index contributed by atoms with van der Waals surface area (Å²) >= 11 is 14.1. The molecule has 13 heteroatoms. The number of benzene rings is 2. The summed E-state index contributed by atoms with van der Waals surface area (Å²) in [4.78, 5) is 22.6. The Bertz CT molecular complexity index is 1040. The van der Waals surface area contributed by atoms with Gasteiger partial charge in [0.2, 0.25) is 0 Å². The highest BCUT2D eigenvalue weighted by molar-refractivity contribution is 9.08. The topological polar surface area (TPSA) is 52.6 Å². The summed E-state index contributed by atoms with van der Waals surface area (Å²) in [5.74, 6) is -2.06. The molecule has 2 rings (SSSR count). The normalized spacial score (nSPS) is 11.4. The van der Waals surface area contributed by atoms with Gasteiger partial charge in [0.25, 0.3) is 0 Å². The van der Waals surface area contributed by atoms with Gasteiger partial charge >= 0.3 is 24.3 Å². The van der Waals surface area contributed by atoms with Gasteiger partial charge in [-0.2, -0.15) is 26.3 Å². The molecule has 2 aromatic rings. The quantitative estimate of drug-likeness (QED) is 0.213. The van der Waals surface area contributed by atoms with Crippen molar-refractivity contribution in [3.05, 3.63) is 67.7 Å². The molecular formula is C20H15BrCl2F6O4. The molecule has 0 N–H and O–H groups in total. The molecule has 0 atom stereocenters. The molecule has 0 aliphatic heterocycles. The van der Waals surface area contributed by atoms with E-state index in [0.717, 1.165) is 14.2 Å². The summed E-state index contributed by atoms with van der Waals surface area (Å²) in [7, 11) is 2.05. The van der Waals surface area contributed by atoms with Gasteiger partial charge in [0.05, 0.1) is 36.5 Å². The van der Waals surface area contributed by atoms with Gasteiger partial charge in [-0.05, 0) is 42.3 Å². The van der Waals surface area contributed by atoms with E-state index in [1.807, 2.05) is 0 Å². The van der Waals surface area contributed by atoms with Gasteiger partial charge in [-0.1, -0.05) is 39.1 Å². The van der Waals surface area contributed by atoms with Crippen LogP contribution in [0.5, 0.6) is 0 Å². The SMILES string of the molecule is COC(=O)c1c(C)cc(Cl)cc1C(F)(F)F.COC(=O)c1c(CBr)cc(Cl)cc1C(F)(F)F. The monoisotopic (exact) mass is 582 g/mol. The minimum Gasteiger partial charge on any atom is -0.465 e. The van der Waals surface area contributed by atoms with E-state index < -0.39 is 46.5 Å². The Morgan fingerprint density at radius 3 is 1.61 bits per heavy atom. The molecule has 0 saturated carbocycles. The summed E-state index contributed by atoms with van der Waals surface area (Å²) in [5.41, 5.74) is -2.92. The number of methoxy groups -OCH3 is 2. The first-order valence-electron chi connectivity index (χ1n) is 8.58.